The first kappa shape index (κ1) is 18.2. The minimum Gasteiger partial charge on any atom is -0.481 e. The van der Waals surface area contributed by atoms with Gasteiger partial charge in [-0.2, -0.15) is 17.0 Å². The summed E-state index contributed by atoms with van der Waals surface area (Å²) in [6, 6.07) is 4.80. The summed E-state index contributed by atoms with van der Waals surface area (Å²) < 4.78 is 26.5. The van der Waals surface area contributed by atoms with Gasteiger partial charge in [0.25, 0.3) is 10.2 Å². The van der Waals surface area contributed by atoms with Gasteiger partial charge in [0.1, 0.15) is 0 Å². The third-order valence-corrected chi connectivity index (χ3v) is 5.08. The van der Waals surface area contributed by atoms with Gasteiger partial charge in [0.2, 0.25) is 0 Å². The van der Waals surface area contributed by atoms with Crippen LogP contribution in [0.25, 0.3) is 0 Å². The van der Waals surface area contributed by atoms with Crippen molar-refractivity contribution in [3.8, 4) is 0 Å². The minimum atomic E-state index is -3.74. The van der Waals surface area contributed by atoms with Gasteiger partial charge in [-0.15, -0.1) is 0 Å². The molecule has 0 spiro atoms. The molecule has 0 aliphatic rings. The summed E-state index contributed by atoms with van der Waals surface area (Å²) in [7, 11) is -1.00. The number of rotatable bonds is 7. The van der Waals surface area contributed by atoms with Crippen molar-refractivity contribution in [2.45, 2.75) is 13.0 Å². The Bertz CT molecular complexity index is 601. The van der Waals surface area contributed by atoms with Crippen molar-refractivity contribution in [1.29, 1.82) is 0 Å². The first-order valence-electron chi connectivity index (χ1n) is 5.97. The number of benzene rings is 1. The van der Waals surface area contributed by atoms with Crippen LogP contribution >= 0.6 is 23.2 Å². The van der Waals surface area contributed by atoms with E-state index in [4.69, 9.17) is 28.3 Å². The monoisotopic (exact) mass is 354 g/mol. The average molecular weight is 355 g/mol. The fourth-order valence-electron chi connectivity index (χ4n) is 1.65. The number of hydrogen-bond acceptors (Lipinski definition) is 3. The van der Waals surface area contributed by atoms with Crippen molar-refractivity contribution in [3.05, 3.63) is 33.8 Å². The second-order valence-corrected chi connectivity index (χ2v) is 7.52. The third kappa shape index (κ3) is 5.44. The lowest BCUT2D eigenvalue weighted by Gasteiger charge is -2.24. The Kier molecular flexibility index (Phi) is 6.42. The number of carboxylic acid groups (broad SMARTS) is 1. The molecule has 118 valence electrons. The predicted molar refractivity (Wildman–Crippen MR) is 81.7 cm³/mol. The molecule has 0 aliphatic carbocycles. The van der Waals surface area contributed by atoms with E-state index in [1.54, 1.807) is 18.2 Å². The molecule has 1 rings (SSSR count). The molecule has 9 heteroatoms. The summed E-state index contributed by atoms with van der Waals surface area (Å²) in [5.41, 5.74) is 0.644. The quantitative estimate of drug-likeness (QED) is 0.812. The van der Waals surface area contributed by atoms with Crippen molar-refractivity contribution in [3.63, 3.8) is 0 Å². The van der Waals surface area contributed by atoms with Crippen LogP contribution in [0.4, 0.5) is 0 Å². The van der Waals surface area contributed by atoms with Gasteiger partial charge >= 0.3 is 5.97 Å². The van der Waals surface area contributed by atoms with Gasteiger partial charge in [0.15, 0.2) is 0 Å². The molecule has 0 unspecified atom stereocenters. The number of nitrogens with zero attached hydrogens (tertiary/aromatic N) is 2. The van der Waals surface area contributed by atoms with Gasteiger partial charge < -0.3 is 5.11 Å². The highest BCUT2D eigenvalue weighted by atomic mass is 35.5. The van der Waals surface area contributed by atoms with Crippen LogP contribution in [0.5, 0.6) is 0 Å². The van der Waals surface area contributed by atoms with Gasteiger partial charge in [-0.1, -0.05) is 23.2 Å². The zero-order chi connectivity index (χ0) is 16.2. The van der Waals surface area contributed by atoms with Crippen molar-refractivity contribution in [2.75, 3.05) is 20.6 Å². The van der Waals surface area contributed by atoms with E-state index in [0.29, 0.717) is 15.6 Å². The highest BCUT2D eigenvalue weighted by Gasteiger charge is 2.24. The second kappa shape index (κ2) is 7.42. The largest absolute Gasteiger partial charge is 0.481 e. The first-order valence-corrected chi connectivity index (χ1v) is 8.12. The van der Waals surface area contributed by atoms with Crippen LogP contribution < -0.4 is 0 Å². The van der Waals surface area contributed by atoms with Crippen LogP contribution in [0.2, 0.25) is 10.0 Å². The molecule has 0 aromatic heterocycles. The van der Waals surface area contributed by atoms with E-state index >= 15 is 0 Å². The van der Waals surface area contributed by atoms with E-state index in [2.05, 4.69) is 0 Å². The molecule has 0 saturated carbocycles. The highest BCUT2D eigenvalue weighted by molar-refractivity contribution is 7.86. The van der Waals surface area contributed by atoms with Crippen LogP contribution in [-0.2, 0) is 21.5 Å². The summed E-state index contributed by atoms with van der Waals surface area (Å²) in [5.74, 6) is -1.05. The average Bonchev–Trinajstić information content (AvgIpc) is 2.34. The van der Waals surface area contributed by atoms with Crippen LogP contribution in [-0.4, -0.2) is 48.7 Å². The Morgan fingerprint density at radius 2 is 1.67 bits per heavy atom. The van der Waals surface area contributed by atoms with E-state index in [0.717, 1.165) is 8.61 Å². The Morgan fingerprint density at radius 3 is 2.14 bits per heavy atom. The fraction of sp³-hybridized carbons (Fsp3) is 0.417. The van der Waals surface area contributed by atoms with E-state index in [-0.39, 0.29) is 19.5 Å². The van der Waals surface area contributed by atoms with Crippen molar-refractivity contribution >= 4 is 39.4 Å². The first-order chi connectivity index (χ1) is 9.62. The molecular formula is C12H16Cl2N2O4S. The number of carbonyl (C=O) groups is 1. The zero-order valence-corrected chi connectivity index (χ0v) is 13.9. The maximum absolute atomic E-state index is 12.2. The highest BCUT2D eigenvalue weighted by Crippen LogP contribution is 2.21. The van der Waals surface area contributed by atoms with Gasteiger partial charge in [0, 0.05) is 37.2 Å². The molecule has 21 heavy (non-hydrogen) atoms. The molecule has 0 atom stereocenters. The smallest absolute Gasteiger partial charge is 0.304 e. The lowest BCUT2D eigenvalue weighted by atomic mass is 10.2. The van der Waals surface area contributed by atoms with E-state index in [1.807, 2.05) is 0 Å². The van der Waals surface area contributed by atoms with Crippen LogP contribution in [0.1, 0.15) is 12.0 Å². The molecule has 0 fully saturated rings. The Balaban J connectivity index is 2.81. The van der Waals surface area contributed by atoms with Crippen LogP contribution in [0, 0.1) is 0 Å². The third-order valence-electron chi connectivity index (χ3n) is 2.76. The number of aliphatic carboxylic acids is 1. The molecule has 6 nitrogen and oxygen atoms in total. The van der Waals surface area contributed by atoms with Gasteiger partial charge in [-0.05, 0) is 23.8 Å². The lowest BCUT2D eigenvalue weighted by molar-refractivity contribution is -0.137. The molecule has 0 aliphatic heterocycles. The van der Waals surface area contributed by atoms with E-state index in [9.17, 15) is 13.2 Å². The van der Waals surface area contributed by atoms with Gasteiger partial charge in [-0.25, -0.2) is 0 Å². The van der Waals surface area contributed by atoms with Crippen molar-refractivity contribution < 1.29 is 18.3 Å². The molecule has 1 N–H and O–H groups in total. The summed E-state index contributed by atoms with van der Waals surface area (Å²) >= 11 is 11.7. The van der Waals surface area contributed by atoms with Crippen molar-refractivity contribution in [2.24, 2.45) is 0 Å². The summed E-state index contributed by atoms with van der Waals surface area (Å²) in [5, 5.41) is 9.44. The molecule has 0 bridgehead atoms. The van der Waals surface area contributed by atoms with Crippen molar-refractivity contribution in [1.82, 2.24) is 8.61 Å². The normalized spacial score (nSPS) is 12.1. The molecule has 0 radical (unpaired) electrons. The summed E-state index contributed by atoms with van der Waals surface area (Å²) in [4.78, 5) is 10.5. The molecule has 0 heterocycles. The summed E-state index contributed by atoms with van der Waals surface area (Å²) in [6.07, 6.45) is -0.257. The zero-order valence-electron chi connectivity index (χ0n) is 11.6. The maximum atomic E-state index is 12.2. The number of carboxylic acids is 1. The maximum Gasteiger partial charge on any atom is 0.304 e. The number of halogens is 2. The Morgan fingerprint density at radius 1 is 1.14 bits per heavy atom. The van der Waals surface area contributed by atoms with Gasteiger partial charge in [0.05, 0.1) is 6.42 Å². The van der Waals surface area contributed by atoms with Crippen LogP contribution in [0.3, 0.4) is 0 Å². The SMILES string of the molecule is CN(CCC(=O)O)S(=O)(=O)N(C)Cc1cc(Cl)cc(Cl)c1. The summed E-state index contributed by atoms with van der Waals surface area (Å²) in [6.45, 7) is -0.0155. The Labute approximate surface area is 134 Å². The predicted octanol–water partition coefficient (Wildman–Crippen LogP) is 2.08. The standard InChI is InChI=1S/C12H16Cl2N2O4S/c1-15(4-3-12(17)18)21(19,20)16(2)8-9-5-10(13)7-11(14)6-9/h5-7H,3-4,8H2,1-2H3,(H,17,18). The minimum absolute atomic E-state index is 0.0834. The lowest BCUT2D eigenvalue weighted by Crippen LogP contribution is -2.40. The fourth-order valence-corrected chi connectivity index (χ4v) is 3.33. The Hall–Kier alpha value is -0.860. The second-order valence-electron chi connectivity index (χ2n) is 4.51. The van der Waals surface area contributed by atoms with E-state index < -0.39 is 16.2 Å². The van der Waals surface area contributed by atoms with Crippen LogP contribution in [0.15, 0.2) is 18.2 Å². The molecule has 1 aromatic carbocycles. The molecule has 0 saturated heterocycles. The van der Waals surface area contributed by atoms with E-state index in [1.165, 1.54) is 14.1 Å². The van der Waals surface area contributed by atoms with Gasteiger partial charge in [-0.3, -0.25) is 4.79 Å². The topological polar surface area (TPSA) is 77.9 Å². The molecule has 1 aromatic rings. The molecule has 0 amide bonds. The molecular weight excluding hydrogens is 339 g/mol. The number of hydrogen-bond donors (Lipinski definition) is 1.